The highest BCUT2D eigenvalue weighted by Crippen LogP contribution is 2.21. The average molecular weight is 242 g/mol. The van der Waals surface area contributed by atoms with E-state index in [0.717, 1.165) is 5.52 Å². The lowest BCUT2D eigenvalue weighted by molar-refractivity contribution is -0.0497. The van der Waals surface area contributed by atoms with Crippen LogP contribution in [0.3, 0.4) is 0 Å². The molecule has 0 spiro atoms. The average Bonchev–Trinajstić information content (AvgIpc) is 2.18. The zero-order valence-corrected chi connectivity index (χ0v) is 9.15. The normalized spacial score (nSPS) is 11.0. The molecule has 0 aliphatic rings. The molecule has 0 amide bonds. The molecule has 0 radical (unpaired) electrons. The maximum Gasteiger partial charge on any atom is 0.387 e. The van der Waals surface area contributed by atoms with Gasteiger partial charge in [0, 0.05) is 10.9 Å². The van der Waals surface area contributed by atoms with E-state index in [1.165, 1.54) is 12.1 Å². The van der Waals surface area contributed by atoms with E-state index < -0.39 is 6.61 Å². The maximum atomic E-state index is 12.0. The maximum absolute atomic E-state index is 12.0. The number of benzene rings is 1. The SMILES string of the molecule is Cc1nc(=S)c2cc(OC(F)F)ccc2[nH]1. The fourth-order valence-electron chi connectivity index (χ4n) is 1.42. The van der Waals surface area contributed by atoms with Crippen LogP contribution in [-0.2, 0) is 0 Å². The molecule has 0 saturated heterocycles. The molecule has 3 nitrogen and oxygen atoms in total. The van der Waals surface area contributed by atoms with Crippen molar-refractivity contribution in [2.75, 3.05) is 0 Å². The van der Waals surface area contributed by atoms with Crippen LogP contribution in [0.5, 0.6) is 5.75 Å². The van der Waals surface area contributed by atoms with Crippen molar-refractivity contribution in [2.45, 2.75) is 13.5 Å². The van der Waals surface area contributed by atoms with Gasteiger partial charge >= 0.3 is 6.61 Å². The third-order valence-electron chi connectivity index (χ3n) is 2.03. The first-order valence-corrected chi connectivity index (χ1v) is 4.92. The molecule has 16 heavy (non-hydrogen) atoms. The summed E-state index contributed by atoms with van der Waals surface area (Å²) in [5.41, 5.74) is 0.749. The second-order valence-corrected chi connectivity index (χ2v) is 3.60. The van der Waals surface area contributed by atoms with Crippen LogP contribution in [0.2, 0.25) is 0 Å². The zero-order chi connectivity index (χ0) is 11.7. The predicted molar refractivity (Wildman–Crippen MR) is 58.3 cm³/mol. The minimum atomic E-state index is -2.84. The molecule has 0 atom stereocenters. The van der Waals surface area contributed by atoms with Crippen LogP contribution in [0.4, 0.5) is 8.78 Å². The molecule has 1 aromatic heterocycles. The summed E-state index contributed by atoms with van der Waals surface area (Å²) in [7, 11) is 0. The van der Waals surface area contributed by atoms with Crippen molar-refractivity contribution < 1.29 is 13.5 Å². The van der Waals surface area contributed by atoms with Crippen molar-refractivity contribution in [1.82, 2.24) is 9.97 Å². The number of hydrogen-bond donors (Lipinski definition) is 1. The Kier molecular flexibility index (Phi) is 2.82. The minimum Gasteiger partial charge on any atom is -0.435 e. The Balaban J connectivity index is 2.58. The summed E-state index contributed by atoms with van der Waals surface area (Å²) in [5.74, 6) is 0.757. The Bertz CT molecular complexity index is 583. The highest BCUT2D eigenvalue weighted by atomic mass is 32.1. The van der Waals surface area contributed by atoms with Crippen LogP contribution in [0.1, 0.15) is 5.82 Å². The standard InChI is InChI=1S/C10H8F2N2OS/c1-5-13-8-3-2-6(15-10(11)12)4-7(8)9(16)14-5/h2-4,10H,1H3,(H,13,14,16). The van der Waals surface area contributed by atoms with E-state index in [-0.39, 0.29) is 5.75 Å². The molecule has 2 rings (SSSR count). The van der Waals surface area contributed by atoms with Crippen LogP contribution in [0, 0.1) is 11.6 Å². The van der Waals surface area contributed by atoms with Crippen molar-refractivity contribution in [3.63, 3.8) is 0 Å². The molecular weight excluding hydrogens is 234 g/mol. The topological polar surface area (TPSA) is 37.9 Å². The molecule has 0 bridgehead atoms. The monoisotopic (exact) mass is 242 g/mol. The molecule has 0 saturated carbocycles. The number of nitrogens with one attached hydrogen (secondary N) is 1. The summed E-state index contributed by atoms with van der Waals surface area (Å²) in [4.78, 5) is 7.03. The van der Waals surface area contributed by atoms with Gasteiger partial charge in [0.1, 0.15) is 16.2 Å². The van der Waals surface area contributed by atoms with Crippen LogP contribution < -0.4 is 4.74 Å². The summed E-state index contributed by atoms with van der Waals surface area (Å²) in [6.45, 7) is -1.06. The van der Waals surface area contributed by atoms with Gasteiger partial charge in [-0.05, 0) is 25.1 Å². The van der Waals surface area contributed by atoms with Gasteiger partial charge in [-0.15, -0.1) is 0 Å². The molecule has 1 heterocycles. The number of hydrogen-bond acceptors (Lipinski definition) is 3. The highest BCUT2D eigenvalue weighted by Gasteiger charge is 2.06. The Morgan fingerprint density at radius 2 is 2.19 bits per heavy atom. The van der Waals surface area contributed by atoms with E-state index in [4.69, 9.17) is 12.2 Å². The van der Waals surface area contributed by atoms with E-state index >= 15 is 0 Å². The Morgan fingerprint density at radius 1 is 1.44 bits per heavy atom. The lowest BCUT2D eigenvalue weighted by atomic mass is 10.2. The number of aryl methyl sites for hydroxylation is 1. The van der Waals surface area contributed by atoms with E-state index in [1.807, 2.05) is 0 Å². The zero-order valence-electron chi connectivity index (χ0n) is 8.33. The fraction of sp³-hybridized carbons (Fsp3) is 0.200. The lowest BCUT2D eigenvalue weighted by Gasteiger charge is -2.06. The molecule has 6 heteroatoms. The van der Waals surface area contributed by atoms with Gasteiger partial charge in [-0.25, -0.2) is 4.98 Å². The number of rotatable bonds is 2. The van der Waals surface area contributed by atoms with Gasteiger partial charge in [-0.1, -0.05) is 12.2 Å². The van der Waals surface area contributed by atoms with Gasteiger partial charge in [0.15, 0.2) is 0 Å². The number of alkyl halides is 2. The molecule has 1 aromatic carbocycles. The van der Waals surface area contributed by atoms with Gasteiger partial charge in [0.2, 0.25) is 0 Å². The van der Waals surface area contributed by atoms with Gasteiger partial charge in [-0.3, -0.25) is 0 Å². The summed E-state index contributed by atoms with van der Waals surface area (Å²) in [6, 6.07) is 4.55. The van der Waals surface area contributed by atoms with E-state index in [9.17, 15) is 8.78 Å². The largest absolute Gasteiger partial charge is 0.435 e. The summed E-state index contributed by atoms with van der Waals surface area (Å²) in [6.07, 6.45) is 0. The first kappa shape index (κ1) is 10.9. The molecule has 84 valence electrons. The number of aromatic nitrogens is 2. The second kappa shape index (κ2) is 4.13. The van der Waals surface area contributed by atoms with Crippen LogP contribution >= 0.6 is 12.2 Å². The van der Waals surface area contributed by atoms with Crippen molar-refractivity contribution >= 4 is 23.1 Å². The molecule has 1 N–H and O–H groups in total. The molecule has 0 fully saturated rings. The van der Waals surface area contributed by atoms with Gasteiger partial charge in [-0.2, -0.15) is 8.78 Å². The Hall–Kier alpha value is -1.56. The number of aromatic amines is 1. The third kappa shape index (κ3) is 2.16. The summed E-state index contributed by atoms with van der Waals surface area (Å²) in [5, 5.41) is 0.596. The number of nitrogens with zero attached hydrogens (tertiary/aromatic N) is 1. The van der Waals surface area contributed by atoms with Crippen molar-refractivity contribution in [2.24, 2.45) is 0 Å². The van der Waals surface area contributed by atoms with Crippen LogP contribution in [0.15, 0.2) is 18.2 Å². The van der Waals surface area contributed by atoms with E-state index in [2.05, 4.69) is 14.7 Å². The van der Waals surface area contributed by atoms with Gasteiger partial charge in [0.25, 0.3) is 0 Å². The minimum absolute atomic E-state index is 0.0765. The van der Waals surface area contributed by atoms with E-state index in [0.29, 0.717) is 15.9 Å². The molecule has 2 aromatic rings. The smallest absolute Gasteiger partial charge is 0.387 e. The van der Waals surface area contributed by atoms with Crippen molar-refractivity contribution in [3.8, 4) is 5.75 Å². The predicted octanol–water partition coefficient (Wildman–Crippen LogP) is 3.20. The lowest BCUT2D eigenvalue weighted by Crippen LogP contribution is -2.02. The van der Waals surface area contributed by atoms with E-state index in [1.54, 1.807) is 13.0 Å². The molecule has 0 aliphatic carbocycles. The van der Waals surface area contributed by atoms with Crippen LogP contribution in [0.25, 0.3) is 10.9 Å². The number of ether oxygens (including phenoxy) is 1. The summed E-state index contributed by atoms with van der Waals surface area (Å²) >= 11 is 5.04. The van der Waals surface area contributed by atoms with Crippen molar-refractivity contribution in [3.05, 3.63) is 28.7 Å². The first-order chi connectivity index (χ1) is 7.56. The Labute approximate surface area is 95.1 Å². The number of halogens is 2. The van der Waals surface area contributed by atoms with Gasteiger partial charge in [0.05, 0.1) is 0 Å². The molecule has 0 aliphatic heterocycles. The highest BCUT2D eigenvalue weighted by molar-refractivity contribution is 7.71. The summed E-state index contributed by atoms with van der Waals surface area (Å²) < 4.78 is 28.7. The number of fused-ring (bicyclic) bond motifs is 1. The second-order valence-electron chi connectivity index (χ2n) is 3.21. The van der Waals surface area contributed by atoms with Gasteiger partial charge < -0.3 is 9.72 Å². The first-order valence-electron chi connectivity index (χ1n) is 4.52. The molecular formula is C10H8F2N2OS. The quantitative estimate of drug-likeness (QED) is 0.822. The fourth-order valence-corrected chi connectivity index (χ4v) is 1.73. The number of H-pyrrole nitrogens is 1. The van der Waals surface area contributed by atoms with Crippen LogP contribution in [-0.4, -0.2) is 16.6 Å². The van der Waals surface area contributed by atoms with Crippen molar-refractivity contribution in [1.29, 1.82) is 0 Å². The third-order valence-corrected chi connectivity index (χ3v) is 2.34. The Morgan fingerprint density at radius 3 is 2.88 bits per heavy atom. The molecule has 0 unspecified atom stereocenters.